The molecule has 2 N–H and O–H groups in total. The Morgan fingerprint density at radius 3 is 2.66 bits per heavy atom. The molecule has 0 atom stereocenters. The van der Waals surface area contributed by atoms with Gasteiger partial charge in [-0.3, -0.25) is 0 Å². The molecule has 0 spiro atoms. The monoisotopic (exact) mass is 543 g/mol. The van der Waals surface area contributed by atoms with Crippen molar-refractivity contribution in [2.75, 3.05) is 19.7 Å². The van der Waals surface area contributed by atoms with E-state index in [0.29, 0.717) is 24.6 Å². The van der Waals surface area contributed by atoms with Crippen molar-refractivity contribution in [3.63, 3.8) is 0 Å². The van der Waals surface area contributed by atoms with Gasteiger partial charge < -0.3 is 15.4 Å². The highest BCUT2D eigenvalue weighted by Crippen LogP contribution is 2.18. The second-order valence-corrected chi connectivity index (χ2v) is 7.32. The fraction of sp³-hybridized carbons (Fsp3) is 0.500. The maximum absolute atomic E-state index is 12.3. The number of nitrogens with zero attached hydrogens (tertiary/aromatic N) is 3. The number of aliphatic imine (C=N–C) groups is 1. The Balaban J connectivity index is 0.00000420. The normalized spacial score (nSPS) is 11.7. The second-order valence-electron chi connectivity index (χ2n) is 6.03. The number of pyridine rings is 1. The summed E-state index contributed by atoms with van der Waals surface area (Å²) in [5, 5.41) is 7.45. The van der Waals surface area contributed by atoms with Crippen molar-refractivity contribution in [3.8, 4) is 5.88 Å². The van der Waals surface area contributed by atoms with Crippen LogP contribution in [0.4, 0.5) is 13.2 Å². The smallest absolute Gasteiger partial charge is 0.422 e. The Morgan fingerprint density at radius 1 is 1.28 bits per heavy atom. The van der Waals surface area contributed by atoms with Crippen LogP contribution < -0.4 is 15.4 Å². The van der Waals surface area contributed by atoms with Crippen molar-refractivity contribution in [1.82, 2.24) is 20.6 Å². The van der Waals surface area contributed by atoms with Gasteiger partial charge in [-0.25, -0.2) is 15.0 Å². The third kappa shape index (κ3) is 9.61. The molecule has 0 amide bonds. The first-order valence-corrected chi connectivity index (χ1v) is 9.68. The number of ether oxygens (including phenoxy) is 1. The summed E-state index contributed by atoms with van der Waals surface area (Å²) in [6.45, 7) is 6.29. The van der Waals surface area contributed by atoms with E-state index in [2.05, 4.69) is 37.3 Å². The van der Waals surface area contributed by atoms with Gasteiger partial charge in [0, 0.05) is 36.7 Å². The summed E-state index contributed by atoms with van der Waals surface area (Å²) in [6, 6.07) is 3.15. The summed E-state index contributed by atoms with van der Waals surface area (Å²) in [6.07, 6.45) is -2.20. The number of thiazole rings is 1. The summed E-state index contributed by atoms with van der Waals surface area (Å²) in [7, 11) is 0. The highest BCUT2D eigenvalue weighted by Gasteiger charge is 2.28. The molecule has 0 saturated heterocycles. The molecule has 0 aliphatic rings. The minimum Gasteiger partial charge on any atom is -0.468 e. The van der Waals surface area contributed by atoms with Gasteiger partial charge in [0.05, 0.1) is 17.2 Å². The zero-order chi connectivity index (χ0) is 20.6. The molecule has 6 nitrogen and oxygen atoms in total. The molecule has 0 saturated carbocycles. The van der Waals surface area contributed by atoms with Gasteiger partial charge in [0.2, 0.25) is 5.88 Å². The molecule has 0 bridgehead atoms. The number of guanidine groups is 1. The average molecular weight is 543 g/mol. The van der Waals surface area contributed by atoms with Crippen LogP contribution in [0, 0.1) is 13.8 Å². The molecule has 0 aliphatic heterocycles. The van der Waals surface area contributed by atoms with Crippen LogP contribution in [-0.4, -0.2) is 41.8 Å². The Hall–Kier alpha value is -1.63. The van der Waals surface area contributed by atoms with E-state index in [1.807, 2.05) is 13.8 Å². The fourth-order valence-corrected chi connectivity index (χ4v) is 3.16. The number of aromatic nitrogens is 2. The van der Waals surface area contributed by atoms with E-state index in [1.54, 1.807) is 17.4 Å². The summed E-state index contributed by atoms with van der Waals surface area (Å²) < 4.78 is 41.4. The van der Waals surface area contributed by atoms with Crippen LogP contribution in [-0.2, 0) is 13.0 Å². The summed E-state index contributed by atoms with van der Waals surface area (Å²) in [5.41, 5.74) is 1.76. The molecule has 162 valence electrons. The van der Waals surface area contributed by atoms with E-state index in [0.717, 1.165) is 17.1 Å². The van der Waals surface area contributed by atoms with Crippen molar-refractivity contribution in [2.45, 2.75) is 39.9 Å². The van der Waals surface area contributed by atoms with Crippen LogP contribution in [0.15, 0.2) is 23.3 Å². The molecular weight excluding hydrogens is 518 g/mol. The molecule has 2 rings (SSSR count). The molecule has 29 heavy (non-hydrogen) atoms. The summed E-state index contributed by atoms with van der Waals surface area (Å²) in [4.78, 5) is 14.0. The molecule has 0 radical (unpaired) electrons. The molecule has 0 unspecified atom stereocenters. The predicted molar refractivity (Wildman–Crippen MR) is 119 cm³/mol. The van der Waals surface area contributed by atoms with Crippen LogP contribution in [0.25, 0.3) is 0 Å². The van der Waals surface area contributed by atoms with E-state index < -0.39 is 12.8 Å². The summed E-state index contributed by atoms with van der Waals surface area (Å²) in [5.74, 6) is 0.555. The third-order valence-corrected chi connectivity index (χ3v) is 4.78. The predicted octanol–water partition coefficient (Wildman–Crippen LogP) is 4.01. The standard InChI is InChI=1S/C18H24F3N5OS.HI/c1-4-22-17(24-8-6-16-26-12(2)13(3)28-16)25-10-14-5-7-23-15(9-14)27-11-18(19,20)21;/h5,7,9H,4,6,8,10-11H2,1-3H3,(H2,22,24,25);1H. The zero-order valence-corrected chi connectivity index (χ0v) is 19.6. The van der Waals surface area contributed by atoms with Crippen LogP contribution in [0.1, 0.15) is 28.1 Å². The first kappa shape index (κ1) is 25.4. The Kier molecular flexibility index (Phi) is 10.6. The largest absolute Gasteiger partial charge is 0.468 e. The molecule has 11 heteroatoms. The number of alkyl halides is 3. The lowest BCUT2D eigenvalue weighted by Crippen LogP contribution is -2.38. The van der Waals surface area contributed by atoms with Gasteiger partial charge in [-0.05, 0) is 32.4 Å². The molecule has 0 aromatic carbocycles. The average Bonchev–Trinajstić information content (AvgIpc) is 2.95. The van der Waals surface area contributed by atoms with Crippen LogP contribution in [0.2, 0.25) is 0 Å². The first-order valence-electron chi connectivity index (χ1n) is 8.86. The molecule has 0 aliphatic carbocycles. The number of hydrogen-bond donors (Lipinski definition) is 2. The van der Waals surface area contributed by atoms with Gasteiger partial charge in [-0.2, -0.15) is 13.2 Å². The van der Waals surface area contributed by atoms with Gasteiger partial charge in [-0.15, -0.1) is 35.3 Å². The Labute approximate surface area is 189 Å². The van der Waals surface area contributed by atoms with Gasteiger partial charge in [-0.1, -0.05) is 0 Å². The van der Waals surface area contributed by atoms with Gasteiger partial charge >= 0.3 is 6.18 Å². The number of aryl methyl sites for hydroxylation is 2. The Bertz CT molecular complexity index is 779. The van der Waals surface area contributed by atoms with Crippen molar-refractivity contribution in [1.29, 1.82) is 0 Å². The third-order valence-electron chi connectivity index (χ3n) is 3.65. The molecule has 2 aromatic rings. The van der Waals surface area contributed by atoms with Gasteiger partial charge in [0.15, 0.2) is 12.6 Å². The van der Waals surface area contributed by atoms with Crippen molar-refractivity contribution in [2.24, 2.45) is 4.99 Å². The highest BCUT2D eigenvalue weighted by atomic mass is 127. The quantitative estimate of drug-likeness (QED) is 0.299. The second kappa shape index (κ2) is 12.2. The Morgan fingerprint density at radius 2 is 2.03 bits per heavy atom. The topological polar surface area (TPSA) is 71.4 Å². The van der Waals surface area contributed by atoms with E-state index in [4.69, 9.17) is 0 Å². The summed E-state index contributed by atoms with van der Waals surface area (Å²) >= 11 is 1.69. The number of nitrogens with one attached hydrogen (secondary N) is 2. The van der Waals surface area contributed by atoms with Crippen molar-refractivity contribution < 1.29 is 17.9 Å². The highest BCUT2D eigenvalue weighted by molar-refractivity contribution is 14.0. The molecule has 2 heterocycles. The zero-order valence-electron chi connectivity index (χ0n) is 16.5. The van der Waals surface area contributed by atoms with E-state index in [9.17, 15) is 13.2 Å². The maximum Gasteiger partial charge on any atom is 0.422 e. The minimum absolute atomic E-state index is 0. The molecular formula is C18H25F3IN5OS. The lowest BCUT2D eigenvalue weighted by atomic mass is 10.3. The van der Waals surface area contributed by atoms with Crippen molar-refractivity contribution in [3.05, 3.63) is 39.5 Å². The van der Waals surface area contributed by atoms with Crippen LogP contribution in [0.3, 0.4) is 0 Å². The number of halogens is 4. The number of hydrogen-bond acceptors (Lipinski definition) is 5. The molecule has 2 aromatic heterocycles. The fourth-order valence-electron chi connectivity index (χ4n) is 2.23. The van der Waals surface area contributed by atoms with E-state index in [1.165, 1.54) is 17.1 Å². The minimum atomic E-state index is -4.40. The van der Waals surface area contributed by atoms with Crippen LogP contribution in [0.5, 0.6) is 5.88 Å². The lowest BCUT2D eigenvalue weighted by molar-refractivity contribution is -0.154. The lowest BCUT2D eigenvalue weighted by Gasteiger charge is -2.11. The SMILES string of the molecule is CCNC(=NCc1ccnc(OCC(F)(F)F)c1)NCCc1nc(C)c(C)s1.I. The van der Waals surface area contributed by atoms with E-state index in [-0.39, 0.29) is 36.4 Å². The van der Waals surface area contributed by atoms with Crippen LogP contribution >= 0.6 is 35.3 Å². The van der Waals surface area contributed by atoms with Crippen molar-refractivity contribution >= 4 is 41.3 Å². The van der Waals surface area contributed by atoms with E-state index >= 15 is 0 Å². The van der Waals surface area contributed by atoms with Gasteiger partial charge in [0.25, 0.3) is 0 Å². The van der Waals surface area contributed by atoms with Gasteiger partial charge in [0.1, 0.15) is 0 Å². The number of rotatable bonds is 8. The maximum atomic E-state index is 12.3. The molecule has 0 fully saturated rings. The first-order chi connectivity index (χ1) is 13.3.